The van der Waals surface area contributed by atoms with Crippen LogP contribution >= 0.6 is 11.6 Å². The van der Waals surface area contributed by atoms with Crippen LogP contribution in [0.3, 0.4) is 0 Å². The topological polar surface area (TPSA) is 84.9 Å². The van der Waals surface area contributed by atoms with E-state index in [0.717, 1.165) is 12.8 Å². The van der Waals surface area contributed by atoms with Gasteiger partial charge in [0.25, 0.3) is 15.9 Å². The molecule has 0 spiro atoms. The Labute approximate surface area is 197 Å². The molecule has 7 nitrogen and oxygen atoms in total. The van der Waals surface area contributed by atoms with Crippen LogP contribution in [0.25, 0.3) is 0 Å². The highest BCUT2D eigenvalue weighted by atomic mass is 35.5. The first-order valence-corrected chi connectivity index (χ1v) is 12.3. The first-order chi connectivity index (χ1) is 15.9. The maximum Gasteiger partial charge on any atom is 0.262 e. The number of para-hydroxylation sites is 1. The van der Waals surface area contributed by atoms with Crippen LogP contribution in [0.4, 0.5) is 5.69 Å². The molecule has 1 N–H and O–H groups in total. The number of carbonyl (C=O) groups is 1. The van der Waals surface area contributed by atoms with Gasteiger partial charge in [-0.2, -0.15) is 0 Å². The van der Waals surface area contributed by atoms with Crippen molar-refractivity contribution in [1.82, 2.24) is 4.90 Å². The number of nitrogens with zero attached hydrogens (tertiary/aromatic N) is 1. The van der Waals surface area contributed by atoms with Crippen molar-refractivity contribution in [2.24, 2.45) is 0 Å². The van der Waals surface area contributed by atoms with Crippen LogP contribution in [0.2, 0.25) is 5.02 Å². The van der Waals surface area contributed by atoms with E-state index in [1.54, 1.807) is 29.2 Å². The summed E-state index contributed by atoms with van der Waals surface area (Å²) in [4.78, 5) is 14.6. The van der Waals surface area contributed by atoms with Gasteiger partial charge in [0.2, 0.25) is 0 Å². The number of hydrogen-bond acceptors (Lipinski definition) is 5. The van der Waals surface area contributed by atoms with Gasteiger partial charge < -0.3 is 14.4 Å². The van der Waals surface area contributed by atoms with Crippen LogP contribution in [0, 0.1) is 0 Å². The Bertz CT molecular complexity index is 1260. The van der Waals surface area contributed by atoms with Crippen molar-refractivity contribution in [2.45, 2.75) is 17.7 Å². The maximum absolute atomic E-state index is 13.2. The second-order valence-corrected chi connectivity index (χ2v) is 9.64. The Balaban J connectivity index is 1.66. The van der Waals surface area contributed by atoms with E-state index in [1.807, 2.05) is 18.2 Å². The molecule has 3 aromatic carbocycles. The molecular weight excluding hydrogens is 464 g/mol. The molecule has 1 aliphatic rings. The lowest BCUT2D eigenvalue weighted by Crippen LogP contribution is -2.28. The minimum absolute atomic E-state index is 0.0727. The van der Waals surface area contributed by atoms with E-state index in [1.165, 1.54) is 31.4 Å². The Kier molecular flexibility index (Phi) is 6.76. The maximum atomic E-state index is 13.2. The molecule has 0 unspecified atom stereocenters. The lowest BCUT2D eigenvalue weighted by Gasteiger charge is -2.18. The summed E-state index contributed by atoms with van der Waals surface area (Å²) in [5.74, 6) is 0.901. The minimum atomic E-state index is -4.06. The number of anilines is 1. The van der Waals surface area contributed by atoms with Gasteiger partial charge in [-0.05, 0) is 61.4 Å². The highest BCUT2D eigenvalue weighted by Crippen LogP contribution is 2.34. The van der Waals surface area contributed by atoms with E-state index in [-0.39, 0.29) is 27.8 Å². The summed E-state index contributed by atoms with van der Waals surface area (Å²) in [6, 6.07) is 17.9. The fourth-order valence-corrected chi connectivity index (χ4v) is 4.86. The molecule has 3 aromatic rings. The van der Waals surface area contributed by atoms with Gasteiger partial charge in [-0.1, -0.05) is 29.8 Å². The fraction of sp³-hybridized carbons (Fsp3) is 0.208. The van der Waals surface area contributed by atoms with Crippen LogP contribution in [-0.2, 0) is 10.0 Å². The smallest absolute Gasteiger partial charge is 0.262 e. The molecule has 172 valence electrons. The van der Waals surface area contributed by atoms with Crippen LogP contribution in [0.1, 0.15) is 23.2 Å². The zero-order valence-corrected chi connectivity index (χ0v) is 19.5. The summed E-state index contributed by atoms with van der Waals surface area (Å²) in [6.07, 6.45) is 1.85. The van der Waals surface area contributed by atoms with Crippen molar-refractivity contribution in [1.29, 1.82) is 0 Å². The lowest BCUT2D eigenvalue weighted by molar-refractivity contribution is 0.0789. The Morgan fingerprint density at radius 2 is 1.67 bits per heavy atom. The number of rotatable bonds is 7. The molecule has 1 saturated heterocycles. The summed E-state index contributed by atoms with van der Waals surface area (Å²) in [5, 5.41) is 0.341. The third-order valence-electron chi connectivity index (χ3n) is 5.26. The second-order valence-electron chi connectivity index (χ2n) is 7.52. The first-order valence-electron chi connectivity index (χ1n) is 10.4. The molecule has 33 heavy (non-hydrogen) atoms. The van der Waals surface area contributed by atoms with E-state index in [0.29, 0.717) is 29.6 Å². The number of sulfonamides is 1. The number of amides is 1. The fourth-order valence-electron chi connectivity index (χ4n) is 3.60. The number of carbonyl (C=O) groups excluding carboxylic acids is 1. The summed E-state index contributed by atoms with van der Waals surface area (Å²) in [5.41, 5.74) is 0.378. The van der Waals surface area contributed by atoms with Crippen LogP contribution < -0.4 is 14.2 Å². The van der Waals surface area contributed by atoms with Crippen molar-refractivity contribution in [3.8, 4) is 17.2 Å². The molecule has 0 atom stereocenters. The van der Waals surface area contributed by atoms with Gasteiger partial charge in [-0.15, -0.1) is 0 Å². The lowest BCUT2D eigenvalue weighted by atomic mass is 10.1. The van der Waals surface area contributed by atoms with Crippen LogP contribution in [0.15, 0.2) is 71.6 Å². The van der Waals surface area contributed by atoms with E-state index < -0.39 is 10.0 Å². The molecular formula is C24H23ClN2O5S. The van der Waals surface area contributed by atoms with Crippen molar-refractivity contribution in [3.05, 3.63) is 77.3 Å². The zero-order valence-electron chi connectivity index (χ0n) is 18.0. The number of halogens is 1. The van der Waals surface area contributed by atoms with Crippen molar-refractivity contribution < 1.29 is 22.7 Å². The van der Waals surface area contributed by atoms with E-state index in [4.69, 9.17) is 21.1 Å². The third kappa shape index (κ3) is 5.23. The summed E-state index contributed by atoms with van der Waals surface area (Å²) < 4.78 is 40.2. The monoisotopic (exact) mass is 486 g/mol. The van der Waals surface area contributed by atoms with Crippen molar-refractivity contribution in [3.63, 3.8) is 0 Å². The normalized spacial score (nSPS) is 13.6. The van der Waals surface area contributed by atoms with Gasteiger partial charge in [0.15, 0.2) is 5.75 Å². The van der Waals surface area contributed by atoms with Gasteiger partial charge in [0.1, 0.15) is 11.5 Å². The van der Waals surface area contributed by atoms with Crippen LogP contribution in [0.5, 0.6) is 17.2 Å². The van der Waals surface area contributed by atoms with Gasteiger partial charge in [0, 0.05) is 18.1 Å². The first kappa shape index (κ1) is 22.9. The van der Waals surface area contributed by atoms with Crippen molar-refractivity contribution in [2.75, 3.05) is 24.9 Å². The molecule has 1 fully saturated rings. The van der Waals surface area contributed by atoms with Gasteiger partial charge >= 0.3 is 0 Å². The number of benzene rings is 3. The molecule has 4 rings (SSSR count). The van der Waals surface area contributed by atoms with Gasteiger partial charge in [-0.3, -0.25) is 9.52 Å². The Morgan fingerprint density at radius 1 is 0.970 bits per heavy atom. The second kappa shape index (κ2) is 9.72. The van der Waals surface area contributed by atoms with Gasteiger partial charge in [0.05, 0.1) is 23.3 Å². The average Bonchev–Trinajstić information content (AvgIpc) is 3.35. The molecule has 1 amide bonds. The van der Waals surface area contributed by atoms with Crippen LogP contribution in [-0.4, -0.2) is 39.4 Å². The van der Waals surface area contributed by atoms with Gasteiger partial charge in [-0.25, -0.2) is 8.42 Å². The SMILES string of the molecule is COc1ccc(S(=O)(=O)Nc2cc(Cl)ccc2Oc2ccccc2)cc1C(=O)N1CCCC1. The zero-order chi connectivity index (χ0) is 23.4. The molecule has 1 heterocycles. The van der Waals surface area contributed by atoms with E-state index in [9.17, 15) is 13.2 Å². The molecule has 0 bridgehead atoms. The van der Waals surface area contributed by atoms with Crippen molar-refractivity contribution >= 4 is 33.2 Å². The number of nitrogens with one attached hydrogen (secondary N) is 1. The Morgan fingerprint density at radius 3 is 2.36 bits per heavy atom. The standard InChI is InChI=1S/C24H23ClN2O5S/c1-31-22-12-10-19(16-20(22)24(28)27-13-5-6-14-27)33(29,30)26-21-15-17(25)9-11-23(21)32-18-7-3-2-4-8-18/h2-4,7-12,15-16,26H,5-6,13-14H2,1H3. The number of ether oxygens (including phenoxy) is 2. The predicted octanol–water partition coefficient (Wildman–Crippen LogP) is 5.18. The minimum Gasteiger partial charge on any atom is -0.496 e. The number of likely N-dealkylation sites (tertiary alicyclic amines) is 1. The highest BCUT2D eigenvalue weighted by molar-refractivity contribution is 7.92. The summed E-state index contributed by atoms with van der Waals surface area (Å²) >= 11 is 6.12. The summed E-state index contributed by atoms with van der Waals surface area (Å²) in [6.45, 7) is 1.28. The highest BCUT2D eigenvalue weighted by Gasteiger charge is 2.26. The molecule has 0 aliphatic carbocycles. The molecule has 0 saturated carbocycles. The largest absolute Gasteiger partial charge is 0.496 e. The predicted molar refractivity (Wildman–Crippen MR) is 127 cm³/mol. The van der Waals surface area contributed by atoms with E-state index >= 15 is 0 Å². The number of methoxy groups -OCH3 is 1. The third-order valence-corrected chi connectivity index (χ3v) is 6.86. The molecule has 0 aromatic heterocycles. The molecule has 1 aliphatic heterocycles. The quantitative estimate of drug-likeness (QED) is 0.497. The molecule has 9 heteroatoms. The van der Waals surface area contributed by atoms with E-state index in [2.05, 4.69) is 4.72 Å². The average molecular weight is 487 g/mol. The summed E-state index contributed by atoms with van der Waals surface area (Å²) in [7, 11) is -2.62. The number of hydrogen-bond donors (Lipinski definition) is 1. The molecule has 0 radical (unpaired) electrons. The Hall–Kier alpha value is -3.23.